The number of hydrogen-bond donors (Lipinski definition) is 0. The smallest absolute Gasteiger partial charge is 0.168 e. The zero-order chi connectivity index (χ0) is 11.1. The van der Waals surface area contributed by atoms with E-state index in [1.54, 1.807) is 13.0 Å². The summed E-state index contributed by atoms with van der Waals surface area (Å²) in [4.78, 5) is 0. The third-order valence-corrected chi connectivity index (χ3v) is 1.96. The summed E-state index contributed by atoms with van der Waals surface area (Å²) in [7, 11) is 1.50. The lowest BCUT2D eigenvalue weighted by atomic mass is 10.1. The van der Waals surface area contributed by atoms with Gasteiger partial charge in [0.25, 0.3) is 0 Å². The Kier molecular flexibility index (Phi) is 5.93. The summed E-state index contributed by atoms with van der Waals surface area (Å²) < 4.78 is 18.3. The Bertz CT molecular complexity index is 282. The zero-order valence-corrected chi connectivity index (χ0v) is 9.65. The number of halogens is 1. The number of aryl methyl sites for hydroxylation is 2. The van der Waals surface area contributed by atoms with E-state index in [0.717, 1.165) is 12.0 Å². The summed E-state index contributed by atoms with van der Waals surface area (Å²) in [6.45, 7) is 7.71. The minimum Gasteiger partial charge on any atom is -0.493 e. The maximum absolute atomic E-state index is 13.3. The second-order valence-corrected chi connectivity index (χ2v) is 2.74. The highest BCUT2D eigenvalue weighted by atomic mass is 19.1. The summed E-state index contributed by atoms with van der Waals surface area (Å²) in [6, 6.07) is 3.67. The first-order valence-corrected chi connectivity index (χ1v) is 5.02. The van der Waals surface area contributed by atoms with Crippen LogP contribution in [0.4, 0.5) is 4.39 Å². The van der Waals surface area contributed by atoms with Crippen LogP contribution in [-0.2, 0) is 6.42 Å². The fraction of sp³-hybridized carbons (Fsp3) is 0.500. The Morgan fingerprint density at radius 2 is 1.86 bits per heavy atom. The molecule has 0 bridgehead atoms. The molecule has 0 aliphatic heterocycles. The fourth-order valence-electron chi connectivity index (χ4n) is 1.19. The lowest BCUT2D eigenvalue weighted by molar-refractivity contribution is 0.380. The molecule has 0 heterocycles. The minimum atomic E-state index is -0.239. The van der Waals surface area contributed by atoms with Gasteiger partial charge in [0.05, 0.1) is 7.11 Å². The first kappa shape index (κ1) is 12.9. The molecule has 14 heavy (non-hydrogen) atoms. The number of hydrogen-bond acceptors (Lipinski definition) is 1. The van der Waals surface area contributed by atoms with E-state index >= 15 is 0 Å². The van der Waals surface area contributed by atoms with E-state index in [0.29, 0.717) is 11.3 Å². The van der Waals surface area contributed by atoms with Crippen molar-refractivity contribution in [3.63, 3.8) is 0 Å². The third kappa shape index (κ3) is 2.72. The van der Waals surface area contributed by atoms with E-state index in [2.05, 4.69) is 0 Å². The molecule has 0 aliphatic carbocycles. The molecule has 1 aromatic carbocycles. The average Bonchev–Trinajstić information content (AvgIpc) is 2.24. The molecule has 0 saturated heterocycles. The highest BCUT2D eigenvalue weighted by Gasteiger charge is 2.09. The zero-order valence-electron chi connectivity index (χ0n) is 9.65. The first-order chi connectivity index (χ1) is 6.70. The number of ether oxygens (including phenoxy) is 1. The van der Waals surface area contributed by atoms with Crippen molar-refractivity contribution in [3.8, 4) is 5.75 Å². The highest BCUT2D eigenvalue weighted by molar-refractivity contribution is 5.38. The lowest BCUT2D eigenvalue weighted by Crippen LogP contribution is -1.96. The second kappa shape index (κ2) is 6.41. The van der Waals surface area contributed by atoms with Gasteiger partial charge in [-0.05, 0) is 24.5 Å². The summed E-state index contributed by atoms with van der Waals surface area (Å²) in [5.41, 5.74) is 1.55. The Morgan fingerprint density at radius 1 is 1.29 bits per heavy atom. The van der Waals surface area contributed by atoms with Crippen molar-refractivity contribution in [1.82, 2.24) is 0 Å². The summed E-state index contributed by atoms with van der Waals surface area (Å²) in [5.74, 6) is 0.148. The Hall–Kier alpha value is -1.05. The molecule has 0 aliphatic rings. The van der Waals surface area contributed by atoms with Crippen molar-refractivity contribution in [2.45, 2.75) is 34.1 Å². The summed E-state index contributed by atoms with van der Waals surface area (Å²) in [6.07, 6.45) is 0.792. The van der Waals surface area contributed by atoms with E-state index in [9.17, 15) is 4.39 Å². The van der Waals surface area contributed by atoms with Gasteiger partial charge in [0.15, 0.2) is 11.6 Å². The molecule has 1 aromatic rings. The molecule has 0 radical (unpaired) electrons. The van der Waals surface area contributed by atoms with Gasteiger partial charge in [-0.1, -0.05) is 32.9 Å². The molecule has 0 amide bonds. The molecule has 0 unspecified atom stereocenters. The Balaban J connectivity index is 0.000000791. The highest BCUT2D eigenvalue weighted by Crippen LogP contribution is 2.25. The van der Waals surface area contributed by atoms with Crippen LogP contribution in [0.15, 0.2) is 12.1 Å². The van der Waals surface area contributed by atoms with Crippen LogP contribution in [0.25, 0.3) is 0 Å². The van der Waals surface area contributed by atoms with E-state index in [-0.39, 0.29) is 5.82 Å². The molecular formula is C12H19FO. The van der Waals surface area contributed by atoms with Crippen LogP contribution < -0.4 is 4.74 Å². The monoisotopic (exact) mass is 198 g/mol. The van der Waals surface area contributed by atoms with Crippen molar-refractivity contribution in [1.29, 1.82) is 0 Å². The maximum Gasteiger partial charge on any atom is 0.168 e. The largest absolute Gasteiger partial charge is 0.493 e. The SMILES string of the molecule is CC.CCc1ccc(C)c(F)c1OC. The van der Waals surface area contributed by atoms with E-state index in [1.807, 2.05) is 26.8 Å². The quantitative estimate of drug-likeness (QED) is 0.703. The molecule has 0 saturated carbocycles. The maximum atomic E-state index is 13.3. The first-order valence-electron chi connectivity index (χ1n) is 5.02. The van der Waals surface area contributed by atoms with Crippen LogP contribution in [0, 0.1) is 12.7 Å². The molecule has 1 nitrogen and oxygen atoms in total. The van der Waals surface area contributed by atoms with Gasteiger partial charge in [-0.25, -0.2) is 4.39 Å². The van der Waals surface area contributed by atoms with Gasteiger partial charge in [-0.15, -0.1) is 0 Å². The number of benzene rings is 1. The van der Waals surface area contributed by atoms with E-state index in [4.69, 9.17) is 4.74 Å². The van der Waals surface area contributed by atoms with Gasteiger partial charge in [0.1, 0.15) is 0 Å². The standard InChI is InChI=1S/C10H13FO.C2H6/c1-4-8-6-5-7(2)9(11)10(8)12-3;1-2/h5-6H,4H2,1-3H3;1-2H3. The van der Waals surface area contributed by atoms with Crippen LogP contribution >= 0.6 is 0 Å². The molecule has 0 spiro atoms. The van der Waals surface area contributed by atoms with Gasteiger partial charge in [-0.3, -0.25) is 0 Å². The van der Waals surface area contributed by atoms with Crippen molar-refractivity contribution in [2.75, 3.05) is 7.11 Å². The minimum absolute atomic E-state index is 0.239. The predicted molar refractivity (Wildman–Crippen MR) is 58.4 cm³/mol. The Labute approximate surface area is 85.9 Å². The number of methoxy groups -OCH3 is 1. The van der Waals surface area contributed by atoms with Crippen LogP contribution in [0.2, 0.25) is 0 Å². The van der Waals surface area contributed by atoms with Crippen molar-refractivity contribution in [2.24, 2.45) is 0 Å². The van der Waals surface area contributed by atoms with Crippen LogP contribution in [-0.4, -0.2) is 7.11 Å². The number of rotatable bonds is 2. The molecule has 2 heteroatoms. The van der Waals surface area contributed by atoms with Gasteiger partial charge in [0.2, 0.25) is 0 Å². The van der Waals surface area contributed by atoms with Crippen molar-refractivity contribution >= 4 is 0 Å². The Morgan fingerprint density at radius 3 is 2.29 bits per heavy atom. The van der Waals surface area contributed by atoms with Gasteiger partial charge in [-0.2, -0.15) is 0 Å². The summed E-state index contributed by atoms with van der Waals surface area (Å²) in [5, 5.41) is 0. The molecule has 0 atom stereocenters. The van der Waals surface area contributed by atoms with E-state index in [1.165, 1.54) is 7.11 Å². The average molecular weight is 198 g/mol. The van der Waals surface area contributed by atoms with E-state index < -0.39 is 0 Å². The fourth-order valence-corrected chi connectivity index (χ4v) is 1.19. The topological polar surface area (TPSA) is 9.23 Å². The molecule has 1 rings (SSSR count). The van der Waals surface area contributed by atoms with Crippen LogP contribution in [0.1, 0.15) is 31.9 Å². The molecular weight excluding hydrogens is 179 g/mol. The van der Waals surface area contributed by atoms with Gasteiger partial charge >= 0.3 is 0 Å². The third-order valence-electron chi connectivity index (χ3n) is 1.96. The van der Waals surface area contributed by atoms with Crippen LogP contribution in [0.5, 0.6) is 5.75 Å². The van der Waals surface area contributed by atoms with Crippen molar-refractivity contribution < 1.29 is 9.13 Å². The predicted octanol–water partition coefficient (Wildman–Crippen LogP) is 3.73. The van der Waals surface area contributed by atoms with Crippen LogP contribution in [0.3, 0.4) is 0 Å². The molecule has 80 valence electrons. The van der Waals surface area contributed by atoms with Crippen molar-refractivity contribution in [3.05, 3.63) is 29.1 Å². The summed E-state index contributed by atoms with van der Waals surface area (Å²) >= 11 is 0. The lowest BCUT2D eigenvalue weighted by Gasteiger charge is -2.08. The molecule has 0 aromatic heterocycles. The second-order valence-electron chi connectivity index (χ2n) is 2.74. The normalized spacial score (nSPS) is 9.00. The van der Waals surface area contributed by atoms with Gasteiger partial charge < -0.3 is 4.74 Å². The molecule has 0 N–H and O–H groups in total. The molecule has 0 fully saturated rings. The van der Waals surface area contributed by atoms with Gasteiger partial charge in [0, 0.05) is 0 Å².